The summed E-state index contributed by atoms with van der Waals surface area (Å²) < 4.78 is 3.00. The topological polar surface area (TPSA) is 63.1 Å². The maximum atomic E-state index is 12.3. The molecule has 1 N–H and O–H groups in total. The lowest BCUT2D eigenvalue weighted by Gasteiger charge is -2.32. The Bertz CT molecular complexity index is 915. The molecule has 25 heavy (non-hydrogen) atoms. The van der Waals surface area contributed by atoms with Crippen LogP contribution in [0.3, 0.4) is 0 Å². The van der Waals surface area contributed by atoms with Gasteiger partial charge in [0.2, 0.25) is 0 Å². The molecule has 1 aliphatic heterocycles. The molecule has 6 nitrogen and oxygen atoms in total. The van der Waals surface area contributed by atoms with Crippen LogP contribution >= 0.6 is 11.3 Å². The van der Waals surface area contributed by atoms with Gasteiger partial charge in [-0.05, 0) is 37.5 Å². The first-order chi connectivity index (χ1) is 12.1. The van der Waals surface area contributed by atoms with Gasteiger partial charge in [0.15, 0.2) is 5.13 Å². The van der Waals surface area contributed by atoms with Crippen molar-refractivity contribution in [3.8, 4) is 0 Å². The second-order valence-electron chi connectivity index (χ2n) is 6.65. The molecule has 7 heteroatoms. The Balaban J connectivity index is 1.47. The quantitative estimate of drug-likeness (QED) is 0.785. The van der Waals surface area contributed by atoms with E-state index in [9.17, 15) is 4.79 Å². The molecule has 3 heterocycles. The lowest BCUT2D eigenvalue weighted by atomic mass is 10.1. The molecular formula is C18H21N5OS. The molecule has 3 aromatic rings. The highest BCUT2D eigenvalue weighted by Crippen LogP contribution is 2.31. The average Bonchev–Trinajstić information content (AvgIpc) is 3.21. The van der Waals surface area contributed by atoms with E-state index >= 15 is 0 Å². The smallest absolute Gasteiger partial charge is 0.271 e. The highest BCUT2D eigenvalue weighted by atomic mass is 32.1. The molecular weight excluding hydrogens is 334 g/mol. The maximum absolute atomic E-state index is 12.3. The fourth-order valence-electron chi connectivity index (χ4n) is 3.21. The molecule has 4 rings (SSSR count). The third kappa shape index (κ3) is 3.37. The summed E-state index contributed by atoms with van der Waals surface area (Å²) in [5.74, 6) is -0.104. The molecule has 1 saturated heterocycles. The number of piperidine rings is 1. The third-order valence-corrected chi connectivity index (χ3v) is 5.58. The number of fused-ring (bicyclic) bond motifs is 1. The first kappa shape index (κ1) is 16.1. The lowest BCUT2D eigenvalue weighted by Crippen LogP contribution is -2.47. The number of carbonyl (C=O) groups is 1. The van der Waals surface area contributed by atoms with Crippen molar-refractivity contribution in [1.29, 1.82) is 0 Å². The molecule has 1 aromatic carbocycles. The summed E-state index contributed by atoms with van der Waals surface area (Å²) in [7, 11) is 1.86. The molecule has 1 fully saturated rings. The van der Waals surface area contributed by atoms with E-state index in [-0.39, 0.29) is 11.9 Å². The number of nitrogens with one attached hydrogen (secondary N) is 1. The van der Waals surface area contributed by atoms with E-state index < -0.39 is 0 Å². The van der Waals surface area contributed by atoms with Crippen LogP contribution in [0.25, 0.3) is 10.2 Å². The van der Waals surface area contributed by atoms with Crippen LogP contribution in [0.1, 0.15) is 28.9 Å². The average molecular weight is 355 g/mol. The molecule has 0 aliphatic carbocycles. The molecule has 130 valence electrons. The predicted octanol–water partition coefficient (Wildman–Crippen LogP) is 2.74. The summed E-state index contributed by atoms with van der Waals surface area (Å²) in [6.45, 7) is 3.87. The number of rotatable bonds is 3. The van der Waals surface area contributed by atoms with Crippen molar-refractivity contribution in [2.75, 3.05) is 18.0 Å². The van der Waals surface area contributed by atoms with Crippen LogP contribution in [-0.4, -0.2) is 39.6 Å². The van der Waals surface area contributed by atoms with Crippen LogP contribution < -0.4 is 10.2 Å². The number of anilines is 1. The zero-order valence-electron chi connectivity index (χ0n) is 14.4. The predicted molar refractivity (Wildman–Crippen MR) is 100 cm³/mol. The van der Waals surface area contributed by atoms with Crippen LogP contribution in [0.5, 0.6) is 0 Å². The first-order valence-electron chi connectivity index (χ1n) is 8.49. The van der Waals surface area contributed by atoms with Gasteiger partial charge in [-0.2, -0.15) is 0 Å². The minimum absolute atomic E-state index is 0.104. The molecule has 0 radical (unpaired) electrons. The molecule has 0 saturated carbocycles. The Kier molecular flexibility index (Phi) is 4.17. The van der Waals surface area contributed by atoms with Crippen LogP contribution in [0.4, 0.5) is 5.13 Å². The van der Waals surface area contributed by atoms with Gasteiger partial charge in [0, 0.05) is 32.4 Å². The fraction of sp³-hybridized carbons (Fsp3) is 0.389. The van der Waals surface area contributed by atoms with Crippen molar-refractivity contribution in [1.82, 2.24) is 19.9 Å². The molecule has 1 aliphatic rings. The number of hydrogen-bond acceptors (Lipinski definition) is 5. The fourth-order valence-corrected chi connectivity index (χ4v) is 4.31. The number of aryl methyl sites for hydroxylation is 2. The highest BCUT2D eigenvalue weighted by Gasteiger charge is 2.24. The Morgan fingerprint density at radius 1 is 1.40 bits per heavy atom. The van der Waals surface area contributed by atoms with E-state index in [0.717, 1.165) is 36.6 Å². The number of benzene rings is 1. The Morgan fingerprint density at radius 2 is 2.28 bits per heavy atom. The van der Waals surface area contributed by atoms with E-state index in [1.807, 2.05) is 7.05 Å². The van der Waals surface area contributed by atoms with Gasteiger partial charge < -0.3 is 14.8 Å². The Morgan fingerprint density at radius 3 is 3.08 bits per heavy atom. The SMILES string of the molecule is Cc1ccc2nc(N3CCCC(NC(=O)c4cn(C)cn4)C3)sc2c1. The van der Waals surface area contributed by atoms with E-state index in [2.05, 4.69) is 40.3 Å². The van der Waals surface area contributed by atoms with Gasteiger partial charge in [0.05, 0.1) is 16.5 Å². The van der Waals surface area contributed by atoms with Gasteiger partial charge in [-0.1, -0.05) is 17.4 Å². The number of imidazole rings is 1. The highest BCUT2D eigenvalue weighted by molar-refractivity contribution is 7.22. The summed E-state index contributed by atoms with van der Waals surface area (Å²) >= 11 is 1.73. The van der Waals surface area contributed by atoms with E-state index in [1.165, 1.54) is 10.3 Å². The minimum atomic E-state index is -0.104. The molecule has 1 unspecified atom stereocenters. The summed E-state index contributed by atoms with van der Waals surface area (Å²) in [4.78, 5) is 23.5. The first-order valence-corrected chi connectivity index (χ1v) is 9.31. The monoisotopic (exact) mass is 355 g/mol. The summed E-state index contributed by atoms with van der Waals surface area (Å²) in [5, 5.41) is 4.15. The van der Waals surface area contributed by atoms with E-state index in [1.54, 1.807) is 28.4 Å². The Hall–Kier alpha value is -2.41. The van der Waals surface area contributed by atoms with Gasteiger partial charge in [0.25, 0.3) is 5.91 Å². The van der Waals surface area contributed by atoms with E-state index in [4.69, 9.17) is 4.98 Å². The summed E-state index contributed by atoms with van der Waals surface area (Å²) in [6, 6.07) is 6.48. The zero-order valence-corrected chi connectivity index (χ0v) is 15.2. The van der Waals surface area contributed by atoms with Gasteiger partial charge in [0.1, 0.15) is 5.69 Å². The van der Waals surface area contributed by atoms with E-state index in [0.29, 0.717) is 5.69 Å². The molecule has 1 atom stereocenters. The van der Waals surface area contributed by atoms with Gasteiger partial charge in [-0.3, -0.25) is 4.79 Å². The van der Waals surface area contributed by atoms with Crippen LogP contribution in [-0.2, 0) is 7.05 Å². The van der Waals surface area contributed by atoms with Gasteiger partial charge in [-0.15, -0.1) is 0 Å². The lowest BCUT2D eigenvalue weighted by molar-refractivity contribution is 0.0928. The summed E-state index contributed by atoms with van der Waals surface area (Å²) in [5.41, 5.74) is 2.77. The zero-order chi connectivity index (χ0) is 17.4. The number of thiazole rings is 1. The van der Waals surface area contributed by atoms with Gasteiger partial charge >= 0.3 is 0 Å². The van der Waals surface area contributed by atoms with Crippen molar-refractivity contribution < 1.29 is 4.79 Å². The molecule has 0 spiro atoms. The second kappa shape index (κ2) is 6.48. The van der Waals surface area contributed by atoms with Gasteiger partial charge in [-0.25, -0.2) is 9.97 Å². The van der Waals surface area contributed by atoms with Crippen LogP contribution in [0.15, 0.2) is 30.7 Å². The van der Waals surface area contributed by atoms with Crippen LogP contribution in [0.2, 0.25) is 0 Å². The van der Waals surface area contributed by atoms with Crippen molar-refractivity contribution in [2.24, 2.45) is 7.05 Å². The number of nitrogens with zero attached hydrogens (tertiary/aromatic N) is 4. The van der Waals surface area contributed by atoms with Crippen molar-refractivity contribution >= 4 is 32.6 Å². The summed E-state index contributed by atoms with van der Waals surface area (Å²) in [6.07, 6.45) is 5.41. The van der Waals surface area contributed by atoms with Crippen LogP contribution in [0, 0.1) is 6.92 Å². The number of amides is 1. The molecule has 2 aromatic heterocycles. The molecule has 0 bridgehead atoms. The number of hydrogen-bond donors (Lipinski definition) is 1. The van der Waals surface area contributed by atoms with Crippen molar-refractivity contribution in [2.45, 2.75) is 25.8 Å². The standard InChI is InChI=1S/C18H21N5OS/c1-12-5-6-14-16(8-12)25-18(21-14)23-7-3-4-13(9-23)20-17(24)15-10-22(2)11-19-15/h5-6,8,10-11,13H,3-4,7,9H2,1-2H3,(H,20,24). The largest absolute Gasteiger partial charge is 0.346 e. The second-order valence-corrected chi connectivity index (χ2v) is 7.66. The maximum Gasteiger partial charge on any atom is 0.271 e. The van der Waals surface area contributed by atoms with Crippen molar-refractivity contribution in [3.63, 3.8) is 0 Å². The normalized spacial score (nSPS) is 17.8. The minimum Gasteiger partial charge on any atom is -0.346 e. The third-order valence-electron chi connectivity index (χ3n) is 4.50. The molecule has 1 amide bonds. The van der Waals surface area contributed by atoms with Crippen molar-refractivity contribution in [3.05, 3.63) is 42.0 Å². The Labute approximate surface area is 150 Å². The number of carbonyl (C=O) groups excluding carboxylic acids is 1. The number of aromatic nitrogens is 3.